The molecule has 102 valence electrons. The van der Waals surface area contributed by atoms with E-state index in [0.29, 0.717) is 21.8 Å². The van der Waals surface area contributed by atoms with E-state index in [9.17, 15) is 0 Å². The Morgan fingerprint density at radius 2 is 1.89 bits per heavy atom. The highest BCUT2D eigenvalue weighted by atomic mass is 35.5. The van der Waals surface area contributed by atoms with Gasteiger partial charge in [-0.15, -0.1) is 0 Å². The summed E-state index contributed by atoms with van der Waals surface area (Å²) in [6.45, 7) is 3.99. The predicted molar refractivity (Wildman–Crippen MR) is 76.2 cm³/mol. The molecule has 1 heterocycles. The minimum absolute atomic E-state index is 0.443. The lowest BCUT2D eigenvalue weighted by molar-refractivity contribution is 0.268. The van der Waals surface area contributed by atoms with E-state index in [-0.39, 0.29) is 0 Å². The van der Waals surface area contributed by atoms with Gasteiger partial charge in [-0.25, -0.2) is 0 Å². The van der Waals surface area contributed by atoms with Crippen molar-refractivity contribution >= 4 is 23.2 Å². The van der Waals surface area contributed by atoms with Crippen LogP contribution in [0.15, 0.2) is 22.7 Å². The van der Waals surface area contributed by atoms with Crippen LogP contribution in [-0.4, -0.2) is 10.1 Å². The maximum Gasteiger partial charge on any atom is 0.247 e. The van der Waals surface area contributed by atoms with Crippen LogP contribution in [0.2, 0.25) is 10.0 Å². The molecule has 2 rings (SSSR count). The maximum absolute atomic E-state index is 6.22. The molecular weight excluding hydrogens is 285 g/mol. The quantitative estimate of drug-likeness (QED) is 0.926. The van der Waals surface area contributed by atoms with E-state index in [1.807, 2.05) is 13.8 Å². The van der Waals surface area contributed by atoms with Gasteiger partial charge in [-0.1, -0.05) is 42.2 Å². The van der Waals surface area contributed by atoms with Crippen molar-refractivity contribution in [3.8, 4) is 11.4 Å². The lowest BCUT2D eigenvalue weighted by Gasteiger charge is -2.20. The first-order valence-corrected chi connectivity index (χ1v) is 6.84. The van der Waals surface area contributed by atoms with Crippen LogP contribution in [0, 0.1) is 0 Å². The molecule has 19 heavy (non-hydrogen) atoms. The lowest BCUT2D eigenvalue weighted by atomic mass is 9.94. The fourth-order valence-corrected chi connectivity index (χ4v) is 2.03. The van der Waals surface area contributed by atoms with Crippen molar-refractivity contribution in [2.45, 2.75) is 32.2 Å². The number of halogens is 2. The monoisotopic (exact) mass is 299 g/mol. The van der Waals surface area contributed by atoms with Crippen LogP contribution < -0.4 is 5.73 Å². The molecule has 0 aliphatic carbocycles. The second-order valence-electron chi connectivity index (χ2n) is 4.42. The SMILES string of the molecule is CCC(N)(CC)c1nc(-c2ccc(Cl)c(Cl)c2)no1. The van der Waals surface area contributed by atoms with Crippen LogP contribution in [0.4, 0.5) is 0 Å². The molecule has 1 aromatic heterocycles. The van der Waals surface area contributed by atoms with Gasteiger partial charge in [0.15, 0.2) is 0 Å². The molecule has 0 saturated carbocycles. The molecule has 4 nitrogen and oxygen atoms in total. The van der Waals surface area contributed by atoms with Gasteiger partial charge in [-0.05, 0) is 31.0 Å². The van der Waals surface area contributed by atoms with Crippen LogP contribution in [0.3, 0.4) is 0 Å². The van der Waals surface area contributed by atoms with Crippen molar-refractivity contribution in [3.63, 3.8) is 0 Å². The third-order valence-corrected chi connectivity index (χ3v) is 4.03. The van der Waals surface area contributed by atoms with E-state index in [1.165, 1.54) is 0 Å². The standard InChI is InChI=1S/C13H15Cl2N3O/c1-3-13(16,4-2)12-17-11(18-19-12)8-5-6-9(14)10(15)7-8/h5-7H,3-4,16H2,1-2H3. The van der Waals surface area contributed by atoms with E-state index < -0.39 is 5.54 Å². The van der Waals surface area contributed by atoms with Crippen LogP contribution in [-0.2, 0) is 5.54 Å². The molecule has 0 atom stereocenters. The highest BCUT2D eigenvalue weighted by Crippen LogP contribution is 2.29. The zero-order chi connectivity index (χ0) is 14.0. The van der Waals surface area contributed by atoms with Gasteiger partial charge in [0.1, 0.15) is 0 Å². The van der Waals surface area contributed by atoms with Crippen LogP contribution in [0.1, 0.15) is 32.6 Å². The summed E-state index contributed by atoms with van der Waals surface area (Å²) < 4.78 is 5.27. The van der Waals surface area contributed by atoms with E-state index in [4.69, 9.17) is 33.5 Å². The number of nitrogens with zero attached hydrogens (tertiary/aromatic N) is 2. The zero-order valence-corrected chi connectivity index (χ0v) is 12.3. The Morgan fingerprint density at radius 3 is 2.47 bits per heavy atom. The second-order valence-corrected chi connectivity index (χ2v) is 5.23. The zero-order valence-electron chi connectivity index (χ0n) is 10.8. The van der Waals surface area contributed by atoms with Crippen LogP contribution in [0.25, 0.3) is 11.4 Å². The van der Waals surface area contributed by atoms with Crippen molar-refractivity contribution in [2.75, 3.05) is 0 Å². The number of aromatic nitrogens is 2. The normalized spacial score (nSPS) is 11.8. The van der Waals surface area contributed by atoms with E-state index in [1.54, 1.807) is 18.2 Å². The first-order valence-electron chi connectivity index (χ1n) is 6.08. The van der Waals surface area contributed by atoms with Crippen molar-refractivity contribution in [1.82, 2.24) is 10.1 Å². The van der Waals surface area contributed by atoms with Crippen LogP contribution >= 0.6 is 23.2 Å². The Morgan fingerprint density at radius 1 is 1.21 bits per heavy atom. The Kier molecular flexibility index (Phi) is 4.13. The maximum atomic E-state index is 6.22. The number of rotatable bonds is 4. The molecule has 0 bridgehead atoms. The van der Waals surface area contributed by atoms with Gasteiger partial charge >= 0.3 is 0 Å². The highest BCUT2D eigenvalue weighted by molar-refractivity contribution is 6.42. The van der Waals surface area contributed by atoms with Gasteiger partial charge in [-0.3, -0.25) is 0 Å². The van der Waals surface area contributed by atoms with Crippen LogP contribution in [0.5, 0.6) is 0 Å². The topological polar surface area (TPSA) is 64.9 Å². The van der Waals surface area contributed by atoms with E-state index in [2.05, 4.69) is 10.1 Å². The molecule has 0 saturated heterocycles. The third kappa shape index (κ3) is 2.76. The van der Waals surface area contributed by atoms with Crippen molar-refractivity contribution in [2.24, 2.45) is 5.73 Å². The summed E-state index contributed by atoms with van der Waals surface area (Å²) in [6.07, 6.45) is 1.46. The Balaban J connectivity index is 2.38. The predicted octanol–water partition coefficient (Wildman–Crippen LogP) is 4.02. The van der Waals surface area contributed by atoms with Gasteiger partial charge in [0.05, 0.1) is 15.6 Å². The van der Waals surface area contributed by atoms with Crippen molar-refractivity contribution in [1.29, 1.82) is 0 Å². The van der Waals surface area contributed by atoms with Gasteiger partial charge in [-0.2, -0.15) is 4.98 Å². The first kappa shape index (κ1) is 14.3. The summed E-state index contributed by atoms with van der Waals surface area (Å²) in [5.41, 5.74) is 6.39. The minimum atomic E-state index is -0.582. The summed E-state index contributed by atoms with van der Waals surface area (Å²) >= 11 is 11.8. The van der Waals surface area contributed by atoms with Gasteiger partial charge in [0.2, 0.25) is 11.7 Å². The van der Waals surface area contributed by atoms with Gasteiger partial charge in [0, 0.05) is 5.56 Å². The minimum Gasteiger partial charge on any atom is -0.337 e. The Hall–Kier alpha value is -1.10. The van der Waals surface area contributed by atoms with Crippen molar-refractivity contribution in [3.05, 3.63) is 34.1 Å². The Bertz CT molecular complexity index is 579. The molecule has 0 spiro atoms. The summed E-state index contributed by atoms with van der Waals surface area (Å²) in [5.74, 6) is 0.906. The largest absolute Gasteiger partial charge is 0.337 e. The fourth-order valence-electron chi connectivity index (χ4n) is 1.73. The molecule has 1 aromatic carbocycles. The molecule has 0 radical (unpaired) electrons. The number of hydrogen-bond acceptors (Lipinski definition) is 4. The molecule has 2 aromatic rings. The van der Waals surface area contributed by atoms with Crippen molar-refractivity contribution < 1.29 is 4.52 Å². The first-order chi connectivity index (χ1) is 9.00. The molecule has 6 heteroatoms. The molecule has 0 aliphatic rings. The van der Waals surface area contributed by atoms with Gasteiger partial charge in [0.25, 0.3) is 0 Å². The molecule has 2 N–H and O–H groups in total. The lowest BCUT2D eigenvalue weighted by Crippen LogP contribution is -2.35. The summed E-state index contributed by atoms with van der Waals surface area (Å²) in [4.78, 5) is 4.36. The average molecular weight is 300 g/mol. The molecule has 0 fully saturated rings. The molecule has 0 aliphatic heterocycles. The second kappa shape index (κ2) is 5.49. The third-order valence-electron chi connectivity index (χ3n) is 3.29. The number of benzene rings is 1. The van der Waals surface area contributed by atoms with E-state index >= 15 is 0 Å². The molecule has 0 unspecified atom stereocenters. The summed E-state index contributed by atoms with van der Waals surface area (Å²) in [6, 6.07) is 5.19. The number of nitrogens with two attached hydrogens (primary N) is 1. The molecule has 0 amide bonds. The highest BCUT2D eigenvalue weighted by Gasteiger charge is 2.30. The summed E-state index contributed by atoms with van der Waals surface area (Å²) in [7, 11) is 0. The number of hydrogen-bond donors (Lipinski definition) is 1. The Labute approximate surface area is 121 Å². The van der Waals surface area contributed by atoms with Gasteiger partial charge < -0.3 is 10.3 Å². The summed E-state index contributed by atoms with van der Waals surface area (Å²) in [5, 5.41) is 4.90. The molecular formula is C13H15Cl2N3O. The fraction of sp³-hybridized carbons (Fsp3) is 0.385. The smallest absolute Gasteiger partial charge is 0.247 e. The van der Waals surface area contributed by atoms with E-state index in [0.717, 1.165) is 18.4 Å². The average Bonchev–Trinajstić information content (AvgIpc) is 2.91.